The first-order chi connectivity index (χ1) is 25.1. The zero-order valence-corrected chi connectivity index (χ0v) is 41.8. The van der Waals surface area contributed by atoms with Crippen LogP contribution in [0.15, 0.2) is 94.6 Å². The quantitative estimate of drug-likeness (QED) is 0.0221. The number of allylic oxidation sites excluding steroid dienone is 8. The first kappa shape index (κ1) is 54.7. The number of azide groups is 1. The third-order valence-corrected chi connectivity index (χ3v) is 10.1. The summed E-state index contributed by atoms with van der Waals surface area (Å²) in [6.45, 7) is 13.1. The summed E-state index contributed by atoms with van der Waals surface area (Å²) in [6.07, 6.45) is 17.6. The van der Waals surface area contributed by atoms with E-state index in [1.54, 1.807) is 6.07 Å². The summed E-state index contributed by atoms with van der Waals surface area (Å²) in [4.78, 5) is 17.0. The van der Waals surface area contributed by atoms with E-state index in [-0.39, 0.29) is 131 Å². The molecule has 4 rings (SSSR count). The summed E-state index contributed by atoms with van der Waals surface area (Å²) in [5.41, 5.74) is 14.1. The van der Waals surface area contributed by atoms with Crippen LogP contribution in [-0.2, 0) is 36.4 Å². The number of unbranched alkanes of at least 4 members (excludes halogenated alkanes) is 2. The van der Waals surface area contributed by atoms with Gasteiger partial charge in [0.15, 0.2) is 5.71 Å². The number of likely N-dealkylation sites (N-methyl/N-ethyl adjacent to an activating group) is 1. The number of hydrogen-bond donors (Lipinski definition) is 1. The normalized spacial score (nSPS) is 15.6. The second kappa shape index (κ2) is 26.1. The maximum atomic E-state index is 12.2. The van der Waals surface area contributed by atoms with Gasteiger partial charge in [0.25, 0.3) is 0 Å². The number of benzene rings is 2. The van der Waals surface area contributed by atoms with Gasteiger partial charge in [-0.15, -0.1) is 24.3 Å². The van der Waals surface area contributed by atoms with Crippen LogP contribution >= 0.6 is 0 Å². The molecule has 2 aliphatic rings. The minimum absolute atomic E-state index is 0. The SMILES string of the molecule is CCN1C(=CC=CC=CC=CC2=[N+](CCCCCC(=O)NCCCN=[N+]=[N-])c3ccc(S(=O)(=O)[O-])cc3C2(C)C)C(C)(C)c2c[c-]ccc21.O=S(=O)=O.[Cl-].[K+].[K+]. The van der Waals surface area contributed by atoms with Crippen LogP contribution in [0.5, 0.6) is 0 Å². The molecule has 2 aliphatic heterocycles. The van der Waals surface area contributed by atoms with Crippen LogP contribution in [0.25, 0.3) is 10.4 Å². The molecule has 1 N–H and O–H groups in total. The van der Waals surface area contributed by atoms with Crippen molar-refractivity contribution in [2.45, 2.75) is 82.4 Å². The molecule has 18 heteroatoms. The zero-order chi connectivity index (χ0) is 39.2. The van der Waals surface area contributed by atoms with E-state index in [4.69, 9.17) is 18.2 Å². The molecule has 2 aromatic carbocycles. The van der Waals surface area contributed by atoms with E-state index in [2.05, 4.69) is 75.9 Å². The summed E-state index contributed by atoms with van der Waals surface area (Å²) in [5.74, 6) is -0.0226. The molecule has 292 valence electrons. The Morgan fingerprint density at radius 1 is 1.00 bits per heavy atom. The smallest absolute Gasteiger partial charge is 1.00 e. The summed E-state index contributed by atoms with van der Waals surface area (Å²) >= 11 is 0. The van der Waals surface area contributed by atoms with Crippen molar-refractivity contribution in [2.75, 3.05) is 31.1 Å². The third-order valence-electron chi connectivity index (χ3n) is 9.26. The Bertz CT molecular complexity index is 2090. The van der Waals surface area contributed by atoms with Crippen LogP contribution in [0.2, 0.25) is 0 Å². The Morgan fingerprint density at radius 3 is 2.30 bits per heavy atom. The predicted octanol–water partition coefficient (Wildman–Crippen LogP) is -2.48. The van der Waals surface area contributed by atoms with Crippen molar-refractivity contribution in [1.82, 2.24) is 5.32 Å². The predicted molar refractivity (Wildman–Crippen MR) is 204 cm³/mol. The molecule has 0 spiro atoms. The maximum Gasteiger partial charge on any atom is 1.00 e. The van der Waals surface area contributed by atoms with E-state index in [9.17, 15) is 17.8 Å². The number of rotatable bonds is 16. The van der Waals surface area contributed by atoms with E-state index < -0.39 is 26.1 Å². The Balaban J connectivity index is 0.00000412. The number of carbonyl (C=O) groups excluding carboxylic acids is 1. The Morgan fingerprint density at radius 2 is 1.66 bits per heavy atom. The molecule has 0 saturated heterocycles. The molecule has 56 heavy (non-hydrogen) atoms. The number of halogens is 1. The van der Waals surface area contributed by atoms with Gasteiger partial charge >= 0.3 is 113 Å². The second-order valence-electron chi connectivity index (χ2n) is 13.5. The molecule has 0 aromatic heterocycles. The van der Waals surface area contributed by atoms with Crippen molar-refractivity contribution in [3.8, 4) is 0 Å². The van der Waals surface area contributed by atoms with E-state index in [0.29, 0.717) is 32.5 Å². The molecule has 13 nitrogen and oxygen atoms in total. The monoisotopic (exact) mass is 876 g/mol. The van der Waals surface area contributed by atoms with Gasteiger partial charge in [-0.3, -0.25) is 4.79 Å². The number of hydrogen-bond acceptors (Lipinski definition) is 9. The van der Waals surface area contributed by atoms with Gasteiger partial charge in [0.05, 0.1) is 10.3 Å². The molecule has 0 bridgehead atoms. The van der Waals surface area contributed by atoms with Crippen molar-refractivity contribution < 1.29 is 150 Å². The van der Waals surface area contributed by atoms with Gasteiger partial charge in [0.2, 0.25) is 11.6 Å². The number of amides is 1. The van der Waals surface area contributed by atoms with E-state index in [1.807, 2.05) is 50.3 Å². The molecule has 2 heterocycles. The number of fused-ring (bicyclic) bond motifs is 2. The van der Waals surface area contributed by atoms with Gasteiger partial charge in [-0.1, -0.05) is 55.0 Å². The number of nitrogens with one attached hydrogen (secondary N) is 1. The van der Waals surface area contributed by atoms with Crippen LogP contribution in [0.4, 0.5) is 11.4 Å². The number of anilines is 1. The van der Waals surface area contributed by atoms with Crippen LogP contribution < -0.4 is 125 Å². The van der Waals surface area contributed by atoms with Gasteiger partial charge in [0.1, 0.15) is 16.7 Å². The summed E-state index contributed by atoms with van der Waals surface area (Å²) in [7, 11) is -7.71. The minimum atomic E-state index is -4.60. The molecule has 0 unspecified atom stereocenters. The van der Waals surface area contributed by atoms with Crippen molar-refractivity contribution in [3.63, 3.8) is 0 Å². The number of carbonyl (C=O) groups is 1. The molecule has 0 saturated carbocycles. The summed E-state index contributed by atoms with van der Waals surface area (Å²) in [5, 5.41) is 6.32. The fraction of sp³-hybridized carbons (Fsp3) is 0.421. The molecule has 0 radical (unpaired) electrons. The summed E-state index contributed by atoms with van der Waals surface area (Å²) < 4.78 is 63.1. The van der Waals surface area contributed by atoms with Gasteiger partial charge < -0.3 is 27.2 Å². The molecule has 0 fully saturated rings. The van der Waals surface area contributed by atoms with E-state index in [1.165, 1.54) is 29.1 Å². The Labute approximate surface area is 423 Å². The molecule has 0 atom stereocenters. The van der Waals surface area contributed by atoms with Gasteiger partial charge in [-0.05, 0) is 69.2 Å². The minimum Gasteiger partial charge on any atom is -1.00 e. The second-order valence-corrected chi connectivity index (χ2v) is 15.2. The molecule has 2 aromatic rings. The van der Waals surface area contributed by atoms with Crippen molar-refractivity contribution in [2.24, 2.45) is 5.11 Å². The topological polar surface area (TPSA) is 193 Å². The zero-order valence-electron chi connectivity index (χ0n) is 33.2. The molecule has 1 amide bonds. The van der Waals surface area contributed by atoms with E-state index in [0.717, 1.165) is 42.8 Å². The number of nitrogens with zero attached hydrogens (tertiary/aromatic N) is 5. The van der Waals surface area contributed by atoms with Gasteiger partial charge in [0, 0.05) is 60.8 Å². The molecular weight excluding hydrogens is 830 g/mol. The standard InChI is InChI=1S/C38H48N6O4S.ClH.2K.O3S/c1-6-43-32-19-15-14-18-30(32)37(2,3)34(43)20-11-8-7-9-12-21-35-38(4,5)31-28-29(49(46,47)48)23-24-33(31)44(35)27-16-10-13-22-36(45)40-25-17-26-41-42-39;;;;1-4(2)3/h7-9,11-12,15,18-21,23-24,28H,6,10,13,16-17,22,25-27H2,1-5H3,(H,40,45)(H,46,47,48);1H;;;/q;;2*+1;/p-2. The Hall–Kier alpha value is -1.26. The van der Waals surface area contributed by atoms with Crippen LogP contribution in [0.3, 0.4) is 0 Å². The third kappa shape index (κ3) is 15.4. The van der Waals surface area contributed by atoms with Gasteiger partial charge in [-0.2, -0.15) is 22.8 Å². The molecule has 0 aliphatic carbocycles. The van der Waals surface area contributed by atoms with E-state index >= 15 is 0 Å². The molecular formula is C38H47ClK2N6O7S2. The Kier molecular flexibility index (Phi) is 25.5. The fourth-order valence-electron chi connectivity index (χ4n) is 6.68. The van der Waals surface area contributed by atoms with Gasteiger partial charge in [-0.25, -0.2) is 8.42 Å². The average molecular weight is 878 g/mol. The first-order valence-corrected chi connectivity index (χ1v) is 19.8. The largest absolute Gasteiger partial charge is 1.00 e. The van der Waals surface area contributed by atoms with Crippen LogP contribution in [0, 0.1) is 6.07 Å². The van der Waals surface area contributed by atoms with Crippen LogP contribution in [0.1, 0.15) is 77.8 Å². The first-order valence-electron chi connectivity index (χ1n) is 17.4. The summed E-state index contributed by atoms with van der Waals surface area (Å²) in [6, 6.07) is 14.0. The maximum absolute atomic E-state index is 12.2. The van der Waals surface area contributed by atoms with Crippen molar-refractivity contribution in [1.29, 1.82) is 0 Å². The average Bonchev–Trinajstić information content (AvgIpc) is 3.44. The fourth-order valence-corrected chi connectivity index (χ4v) is 7.18. The van der Waals surface area contributed by atoms with Crippen LogP contribution in [-0.4, -0.2) is 68.0 Å². The van der Waals surface area contributed by atoms with Crippen molar-refractivity contribution >= 4 is 43.7 Å². The van der Waals surface area contributed by atoms with Crippen molar-refractivity contribution in [3.05, 3.63) is 112 Å².